The summed E-state index contributed by atoms with van der Waals surface area (Å²) < 4.78 is 1.70. The van der Waals surface area contributed by atoms with Crippen LogP contribution in [0.4, 0.5) is 0 Å². The molecule has 0 heterocycles. The van der Waals surface area contributed by atoms with Crippen LogP contribution >= 0.6 is 47.8 Å². The van der Waals surface area contributed by atoms with Gasteiger partial charge in [0.2, 0.25) is 0 Å². The zero-order valence-electron chi connectivity index (χ0n) is 10.3. The Morgan fingerprint density at radius 2 is 2.00 bits per heavy atom. The van der Waals surface area contributed by atoms with Crippen LogP contribution in [0.2, 0.25) is 0 Å². The zero-order chi connectivity index (χ0) is 13.7. The molecule has 1 unspecified atom stereocenters. The smallest absolute Gasteiger partial charge is 0.252 e. The molecule has 18 heavy (non-hydrogen) atoms. The van der Waals surface area contributed by atoms with Crippen LogP contribution in [0.5, 0.6) is 0 Å². The van der Waals surface area contributed by atoms with Crippen molar-refractivity contribution in [2.45, 2.75) is 25.1 Å². The average molecular weight is 442 g/mol. The van der Waals surface area contributed by atoms with Crippen molar-refractivity contribution in [3.63, 3.8) is 0 Å². The van der Waals surface area contributed by atoms with Gasteiger partial charge in [-0.15, -0.1) is 0 Å². The number of nitrogens with one attached hydrogen (secondary N) is 1. The quantitative estimate of drug-likeness (QED) is 0.656. The first kappa shape index (κ1) is 16.2. The van der Waals surface area contributed by atoms with E-state index in [0.717, 1.165) is 15.4 Å². The van der Waals surface area contributed by atoms with Gasteiger partial charge in [0.25, 0.3) is 5.91 Å². The fraction of sp³-hybridized carbons (Fsp3) is 0.462. The Labute approximate surface area is 133 Å². The summed E-state index contributed by atoms with van der Waals surface area (Å²) >= 11 is 10.3. The second-order valence-electron chi connectivity index (χ2n) is 4.56. The third-order valence-electron chi connectivity index (χ3n) is 2.38. The molecule has 0 saturated carbocycles. The van der Waals surface area contributed by atoms with Crippen LogP contribution in [0.3, 0.4) is 0 Å². The van der Waals surface area contributed by atoms with Gasteiger partial charge in [-0.2, -0.15) is 0 Å². The van der Waals surface area contributed by atoms with Crippen molar-refractivity contribution in [1.82, 2.24) is 5.32 Å². The fourth-order valence-electron chi connectivity index (χ4n) is 1.57. The molecule has 0 saturated heterocycles. The van der Waals surface area contributed by atoms with Crippen molar-refractivity contribution in [3.8, 4) is 0 Å². The Kier molecular flexibility index (Phi) is 6.88. The largest absolute Gasteiger partial charge is 0.351 e. The number of hydrogen-bond acceptors (Lipinski definition) is 1. The SMILES string of the molecule is CC(C)CC(Br)CNC(=O)c1cc(Br)ccc1Br. The number of rotatable bonds is 5. The van der Waals surface area contributed by atoms with Gasteiger partial charge in [0.1, 0.15) is 0 Å². The van der Waals surface area contributed by atoms with Crippen LogP contribution in [0.1, 0.15) is 30.6 Å². The van der Waals surface area contributed by atoms with Gasteiger partial charge < -0.3 is 5.32 Å². The highest BCUT2D eigenvalue weighted by atomic mass is 79.9. The molecule has 0 bridgehead atoms. The van der Waals surface area contributed by atoms with Crippen LogP contribution < -0.4 is 5.32 Å². The Hall–Kier alpha value is 0.130. The lowest BCUT2D eigenvalue weighted by molar-refractivity contribution is 0.0952. The van der Waals surface area contributed by atoms with Crippen LogP contribution in [0.15, 0.2) is 27.1 Å². The first-order chi connectivity index (χ1) is 8.40. The molecule has 1 amide bonds. The lowest BCUT2D eigenvalue weighted by Crippen LogP contribution is -2.30. The van der Waals surface area contributed by atoms with E-state index >= 15 is 0 Å². The van der Waals surface area contributed by atoms with Gasteiger partial charge in [-0.3, -0.25) is 4.79 Å². The van der Waals surface area contributed by atoms with Gasteiger partial charge in [-0.25, -0.2) is 0 Å². The minimum atomic E-state index is -0.0589. The molecule has 1 aromatic carbocycles. The summed E-state index contributed by atoms with van der Waals surface area (Å²) in [6.45, 7) is 4.97. The number of amides is 1. The summed E-state index contributed by atoms with van der Waals surface area (Å²) in [5.41, 5.74) is 0.647. The molecule has 0 aliphatic carbocycles. The summed E-state index contributed by atoms with van der Waals surface area (Å²) in [6.07, 6.45) is 1.04. The lowest BCUT2D eigenvalue weighted by atomic mass is 10.1. The van der Waals surface area contributed by atoms with Crippen LogP contribution in [0, 0.1) is 5.92 Å². The van der Waals surface area contributed by atoms with Crippen LogP contribution in [0.25, 0.3) is 0 Å². The predicted molar refractivity (Wildman–Crippen MR) is 86.3 cm³/mol. The summed E-state index contributed by atoms with van der Waals surface area (Å²) in [5.74, 6) is 0.556. The van der Waals surface area contributed by atoms with Gasteiger partial charge in [0, 0.05) is 20.3 Å². The Bertz CT molecular complexity index is 421. The number of alkyl halides is 1. The normalized spacial score (nSPS) is 12.6. The molecule has 0 radical (unpaired) electrons. The molecule has 1 aromatic rings. The zero-order valence-corrected chi connectivity index (χ0v) is 15.1. The van der Waals surface area contributed by atoms with Gasteiger partial charge in [0.05, 0.1) is 5.56 Å². The van der Waals surface area contributed by atoms with Crippen LogP contribution in [-0.4, -0.2) is 17.3 Å². The second-order valence-corrected chi connectivity index (χ2v) is 7.63. The summed E-state index contributed by atoms with van der Waals surface area (Å²) in [7, 11) is 0. The summed E-state index contributed by atoms with van der Waals surface area (Å²) in [6, 6.07) is 5.57. The fourth-order valence-corrected chi connectivity index (χ4v) is 3.26. The van der Waals surface area contributed by atoms with E-state index in [4.69, 9.17) is 0 Å². The van der Waals surface area contributed by atoms with Crippen molar-refractivity contribution in [3.05, 3.63) is 32.7 Å². The summed E-state index contributed by atoms with van der Waals surface area (Å²) in [5, 5.41) is 2.94. The monoisotopic (exact) mass is 439 g/mol. The van der Waals surface area contributed by atoms with E-state index in [-0.39, 0.29) is 5.91 Å². The van der Waals surface area contributed by atoms with E-state index in [1.807, 2.05) is 18.2 Å². The molecular weight excluding hydrogens is 426 g/mol. The molecule has 1 atom stereocenters. The number of carbonyl (C=O) groups excluding carboxylic acids is 1. The van der Waals surface area contributed by atoms with Crippen molar-refractivity contribution in [1.29, 1.82) is 0 Å². The molecule has 1 rings (SSSR count). The highest BCUT2D eigenvalue weighted by molar-refractivity contribution is 9.11. The molecule has 5 heteroatoms. The van der Waals surface area contributed by atoms with E-state index in [2.05, 4.69) is 67.0 Å². The molecule has 2 nitrogen and oxygen atoms in total. The molecular formula is C13H16Br3NO. The first-order valence-corrected chi connectivity index (χ1v) is 8.27. The molecule has 0 aliphatic heterocycles. The van der Waals surface area contributed by atoms with Gasteiger partial charge in [-0.05, 0) is 46.5 Å². The van der Waals surface area contributed by atoms with Crippen molar-refractivity contribution < 1.29 is 4.79 Å². The highest BCUT2D eigenvalue weighted by Crippen LogP contribution is 2.21. The topological polar surface area (TPSA) is 29.1 Å². The second kappa shape index (κ2) is 7.65. The Morgan fingerprint density at radius 1 is 1.33 bits per heavy atom. The third-order valence-corrected chi connectivity index (χ3v) is 4.27. The highest BCUT2D eigenvalue weighted by Gasteiger charge is 2.13. The summed E-state index contributed by atoms with van der Waals surface area (Å²) in [4.78, 5) is 12.3. The minimum absolute atomic E-state index is 0.0589. The molecule has 0 fully saturated rings. The molecule has 1 N–H and O–H groups in total. The lowest BCUT2D eigenvalue weighted by Gasteiger charge is -2.13. The molecule has 100 valence electrons. The number of hydrogen-bond donors (Lipinski definition) is 1. The molecule has 0 aliphatic rings. The van der Waals surface area contributed by atoms with Gasteiger partial charge >= 0.3 is 0 Å². The minimum Gasteiger partial charge on any atom is -0.351 e. The maximum Gasteiger partial charge on any atom is 0.252 e. The van der Waals surface area contributed by atoms with Crippen LogP contribution in [-0.2, 0) is 0 Å². The maximum absolute atomic E-state index is 12.0. The van der Waals surface area contributed by atoms with Crippen molar-refractivity contribution >= 4 is 53.7 Å². The first-order valence-electron chi connectivity index (χ1n) is 5.77. The number of carbonyl (C=O) groups is 1. The van der Waals surface area contributed by atoms with Crippen molar-refractivity contribution in [2.24, 2.45) is 5.92 Å². The van der Waals surface area contributed by atoms with E-state index in [9.17, 15) is 4.79 Å². The standard InChI is InChI=1S/C13H16Br3NO/c1-8(2)5-10(15)7-17-13(18)11-6-9(14)3-4-12(11)16/h3-4,6,8,10H,5,7H2,1-2H3,(H,17,18). The van der Waals surface area contributed by atoms with E-state index in [1.54, 1.807) is 0 Å². The average Bonchev–Trinajstić information content (AvgIpc) is 2.28. The van der Waals surface area contributed by atoms with E-state index in [1.165, 1.54) is 0 Å². The number of halogens is 3. The predicted octanol–water partition coefficient (Wildman–Crippen LogP) is 4.75. The maximum atomic E-state index is 12.0. The van der Waals surface area contributed by atoms with E-state index in [0.29, 0.717) is 22.9 Å². The Morgan fingerprint density at radius 3 is 2.61 bits per heavy atom. The molecule has 0 aromatic heterocycles. The number of benzene rings is 1. The third kappa shape index (κ3) is 5.41. The van der Waals surface area contributed by atoms with Gasteiger partial charge in [-0.1, -0.05) is 45.7 Å². The van der Waals surface area contributed by atoms with Crippen molar-refractivity contribution in [2.75, 3.05) is 6.54 Å². The Balaban J connectivity index is 2.58. The molecule has 0 spiro atoms. The van der Waals surface area contributed by atoms with Gasteiger partial charge in [0.15, 0.2) is 0 Å². The van der Waals surface area contributed by atoms with E-state index < -0.39 is 0 Å².